The van der Waals surface area contributed by atoms with Crippen molar-refractivity contribution in [3.63, 3.8) is 0 Å². The average molecular weight is 449 g/mol. The Morgan fingerprint density at radius 1 is 1.46 bits per heavy atom. The molecule has 0 unspecified atom stereocenters. The molecule has 1 aliphatic carbocycles. The molecule has 1 aliphatic rings. The first-order chi connectivity index (χ1) is 11.3. The Labute approximate surface area is 163 Å². The van der Waals surface area contributed by atoms with E-state index < -0.39 is 0 Å². The normalized spacial score (nSPS) is 14.3. The summed E-state index contributed by atoms with van der Waals surface area (Å²) in [6.45, 7) is 6.43. The summed E-state index contributed by atoms with van der Waals surface area (Å²) >= 11 is 0. The number of hydrogen-bond donors (Lipinski definition) is 1. The molecule has 1 heterocycles. The number of halogens is 1. The van der Waals surface area contributed by atoms with Gasteiger partial charge in [0.05, 0.1) is 12.9 Å². The number of nitrogens with zero attached hydrogens (tertiary/aromatic N) is 2. The molecule has 24 heavy (non-hydrogen) atoms. The number of unbranched alkanes of at least 4 members (excludes halogenated alkanes) is 1. The van der Waals surface area contributed by atoms with Crippen LogP contribution in [-0.4, -0.2) is 50.8 Å². The van der Waals surface area contributed by atoms with E-state index in [4.69, 9.17) is 14.1 Å². The van der Waals surface area contributed by atoms with Crippen molar-refractivity contribution in [2.24, 2.45) is 10.9 Å². The maximum absolute atomic E-state index is 5.73. The first-order valence-electron chi connectivity index (χ1n) is 8.89. The summed E-state index contributed by atoms with van der Waals surface area (Å²) in [6.07, 6.45) is 7.55. The van der Waals surface area contributed by atoms with E-state index in [-0.39, 0.29) is 24.0 Å². The lowest BCUT2D eigenvalue weighted by molar-refractivity contribution is 0.115. The standard InChI is InChI=1S/C18H31N3O2.HI/c1-3-4-10-19-18(20-11-9-17-6-5-13-23-17)21(2)12-14-22-15-16-7-8-16;/h5-6,13,16H,3-4,7-12,14-15H2,1-2H3,(H,19,20);1H. The zero-order valence-corrected chi connectivity index (χ0v) is 17.3. The maximum Gasteiger partial charge on any atom is 0.193 e. The predicted molar refractivity (Wildman–Crippen MR) is 109 cm³/mol. The van der Waals surface area contributed by atoms with Crippen LogP contribution in [0.4, 0.5) is 0 Å². The van der Waals surface area contributed by atoms with Gasteiger partial charge in [0, 0.05) is 39.7 Å². The van der Waals surface area contributed by atoms with Crippen LogP contribution in [0.15, 0.2) is 27.8 Å². The van der Waals surface area contributed by atoms with Crippen molar-refractivity contribution in [3.8, 4) is 0 Å². The molecule has 0 aromatic carbocycles. The van der Waals surface area contributed by atoms with Crippen LogP contribution in [0.3, 0.4) is 0 Å². The van der Waals surface area contributed by atoms with Gasteiger partial charge in [-0.05, 0) is 37.3 Å². The van der Waals surface area contributed by atoms with Gasteiger partial charge in [-0.3, -0.25) is 4.99 Å². The Balaban J connectivity index is 0.00000288. The highest BCUT2D eigenvalue weighted by Crippen LogP contribution is 2.28. The van der Waals surface area contributed by atoms with Crippen LogP contribution in [0, 0.1) is 5.92 Å². The van der Waals surface area contributed by atoms with Crippen molar-refractivity contribution in [3.05, 3.63) is 24.2 Å². The van der Waals surface area contributed by atoms with Gasteiger partial charge in [-0.15, -0.1) is 24.0 Å². The third kappa shape index (κ3) is 8.92. The molecule has 1 aromatic rings. The number of hydrogen-bond acceptors (Lipinski definition) is 3. The molecule has 1 saturated carbocycles. The van der Waals surface area contributed by atoms with Crippen LogP contribution in [0.1, 0.15) is 38.4 Å². The van der Waals surface area contributed by atoms with Gasteiger partial charge in [0.1, 0.15) is 5.76 Å². The van der Waals surface area contributed by atoms with Crippen molar-refractivity contribution >= 4 is 29.9 Å². The number of aliphatic imine (C=N–C) groups is 1. The zero-order chi connectivity index (χ0) is 16.3. The first kappa shape index (κ1) is 21.3. The van der Waals surface area contributed by atoms with Gasteiger partial charge in [0.25, 0.3) is 0 Å². The summed E-state index contributed by atoms with van der Waals surface area (Å²) in [5.41, 5.74) is 0. The fraction of sp³-hybridized carbons (Fsp3) is 0.722. The predicted octanol–water partition coefficient (Wildman–Crippen LogP) is 3.54. The fourth-order valence-electron chi connectivity index (χ4n) is 2.25. The largest absolute Gasteiger partial charge is 0.469 e. The molecule has 138 valence electrons. The smallest absolute Gasteiger partial charge is 0.193 e. The van der Waals surface area contributed by atoms with E-state index in [1.165, 1.54) is 12.8 Å². The van der Waals surface area contributed by atoms with Gasteiger partial charge in [0.2, 0.25) is 0 Å². The Morgan fingerprint density at radius 2 is 2.29 bits per heavy atom. The van der Waals surface area contributed by atoms with E-state index >= 15 is 0 Å². The summed E-state index contributed by atoms with van der Waals surface area (Å²) in [4.78, 5) is 6.86. The van der Waals surface area contributed by atoms with E-state index in [9.17, 15) is 0 Å². The van der Waals surface area contributed by atoms with E-state index in [2.05, 4.69) is 24.2 Å². The minimum atomic E-state index is 0. The highest BCUT2D eigenvalue weighted by Gasteiger charge is 2.21. The number of furan rings is 1. The summed E-state index contributed by atoms with van der Waals surface area (Å²) in [6, 6.07) is 3.93. The number of ether oxygens (including phenoxy) is 1. The van der Waals surface area contributed by atoms with Gasteiger partial charge >= 0.3 is 0 Å². The minimum Gasteiger partial charge on any atom is -0.469 e. The quantitative estimate of drug-likeness (QED) is 0.243. The van der Waals surface area contributed by atoms with Crippen LogP contribution in [0.2, 0.25) is 0 Å². The highest BCUT2D eigenvalue weighted by atomic mass is 127. The van der Waals surface area contributed by atoms with Crippen molar-refractivity contribution in [1.82, 2.24) is 10.2 Å². The topological polar surface area (TPSA) is 50.0 Å². The molecule has 0 bridgehead atoms. The lowest BCUT2D eigenvalue weighted by Crippen LogP contribution is -2.41. The molecule has 0 atom stereocenters. The van der Waals surface area contributed by atoms with Crippen molar-refractivity contribution in [2.75, 3.05) is 39.9 Å². The van der Waals surface area contributed by atoms with Gasteiger partial charge in [-0.1, -0.05) is 13.3 Å². The molecule has 0 amide bonds. The molecule has 0 spiro atoms. The number of nitrogens with one attached hydrogen (secondary N) is 1. The van der Waals surface area contributed by atoms with Crippen LogP contribution < -0.4 is 5.32 Å². The molecular weight excluding hydrogens is 417 g/mol. The Kier molecular flexibility index (Phi) is 11.2. The maximum atomic E-state index is 5.73. The molecule has 0 saturated heterocycles. The van der Waals surface area contributed by atoms with Crippen LogP contribution in [0.25, 0.3) is 0 Å². The number of guanidine groups is 1. The molecule has 0 radical (unpaired) electrons. The van der Waals surface area contributed by atoms with Crippen LogP contribution >= 0.6 is 24.0 Å². The van der Waals surface area contributed by atoms with E-state index in [1.54, 1.807) is 6.26 Å². The summed E-state index contributed by atoms with van der Waals surface area (Å²) in [5, 5.41) is 3.44. The third-order valence-electron chi connectivity index (χ3n) is 3.99. The first-order valence-corrected chi connectivity index (χ1v) is 8.89. The van der Waals surface area contributed by atoms with Crippen molar-refractivity contribution in [1.29, 1.82) is 0 Å². The molecule has 5 nitrogen and oxygen atoms in total. The molecule has 0 aliphatic heterocycles. The molecule has 1 N–H and O–H groups in total. The Morgan fingerprint density at radius 3 is 2.96 bits per heavy atom. The SMILES string of the molecule is CCCCN=C(NCCc1ccco1)N(C)CCOCC1CC1.I. The van der Waals surface area contributed by atoms with Gasteiger partial charge in [0.15, 0.2) is 5.96 Å². The Bertz CT molecular complexity index is 447. The highest BCUT2D eigenvalue weighted by molar-refractivity contribution is 14.0. The van der Waals surface area contributed by atoms with Gasteiger partial charge in [-0.25, -0.2) is 0 Å². The molecular formula is C18H32IN3O2. The minimum absolute atomic E-state index is 0. The van der Waals surface area contributed by atoms with Gasteiger partial charge in [-0.2, -0.15) is 0 Å². The van der Waals surface area contributed by atoms with Crippen molar-refractivity contribution in [2.45, 2.75) is 39.0 Å². The number of rotatable bonds is 11. The zero-order valence-electron chi connectivity index (χ0n) is 15.0. The van der Waals surface area contributed by atoms with Gasteiger partial charge < -0.3 is 19.4 Å². The lowest BCUT2D eigenvalue weighted by Gasteiger charge is -2.22. The monoisotopic (exact) mass is 449 g/mol. The molecule has 2 rings (SSSR count). The molecule has 6 heteroatoms. The summed E-state index contributed by atoms with van der Waals surface area (Å²) in [7, 11) is 2.07. The Hall–Kier alpha value is -0.760. The summed E-state index contributed by atoms with van der Waals surface area (Å²) < 4.78 is 11.1. The van der Waals surface area contributed by atoms with Crippen molar-refractivity contribution < 1.29 is 9.15 Å². The second-order valence-corrected chi connectivity index (χ2v) is 6.25. The van der Waals surface area contributed by atoms with E-state index in [0.717, 1.165) is 69.7 Å². The fourth-order valence-corrected chi connectivity index (χ4v) is 2.25. The second kappa shape index (κ2) is 12.6. The molecule has 1 fully saturated rings. The van der Waals surface area contributed by atoms with Crippen LogP contribution in [-0.2, 0) is 11.2 Å². The average Bonchev–Trinajstić information content (AvgIpc) is 3.24. The van der Waals surface area contributed by atoms with E-state index in [1.807, 2.05) is 12.1 Å². The summed E-state index contributed by atoms with van der Waals surface area (Å²) in [5.74, 6) is 2.78. The van der Waals surface area contributed by atoms with Crippen LogP contribution in [0.5, 0.6) is 0 Å². The van der Waals surface area contributed by atoms with E-state index in [0.29, 0.717) is 0 Å². The number of likely N-dealkylation sites (N-methyl/N-ethyl adjacent to an activating group) is 1. The second-order valence-electron chi connectivity index (χ2n) is 6.25. The molecule has 1 aromatic heterocycles. The lowest BCUT2D eigenvalue weighted by atomic mass is 10.3. The third-order valence-corrected chi connectivity index (χ3v) is 3.99.